The van der Waals surface area contributed by atoms with Crippen molar-refractivity contribution in [3.8, 4) is 5.75 Å². The number of amides is 1. The van der Waals surface area contributed by atoms with Crippen molar-refractivity contribution >= 4 is 17.2 Å². The van der Waals surface area contributed by atoms with Crippen molar-refractivity contribution in [3.63, 3.8) is 0 Å². The number of rotatable bonds is 4. The number of methoxy groups -OCH3 is 1. The number of hydrogen-bond donors (Lipinski definition) is 1. The fourth-order valence-corrected chi connectivity index (χ4v) is 1.80. The molecule has 0 aromatic carbocycles. The van der Waals surface area contributed by atoms with Crippen LogP contribution in [-0.2, 0) is 4.79 Å². The highest BCUT2D eigenvalue weighted by molar-refractivity contribution is 6.05. The van der Waals surface area contributed by atoms with Crippen LogP contribution < -0.4 is 10.1 Å². The zero-order chi connectivity index (χ0) is 15.6. The third-order valence-corrected chi connectivity index (χ3v) is 2.83. The number of nitrogens with zero attached hydrogens (tertiary/aromatic N) is 1. The Labute approximate surface area is 117 Å². The Morgan fingerprint density at radius 2 is 2.00 bits per heavy atom. The summed E-state index contributed by atoms with van der Waals surface area (Å²) in [7, 11) is 1.49. The number of carbonyl (C=O) groups excluding carboxylic acids is 2. The molecule has 2 aromatic heterocycles. The second-order valence-corrected chi connectivity index (χ2v) is 4.19. The van der Waals surface area contributed by atoms with Crippen LogP contribution in [0.15, 0.2) is 30.6 Å². The fourth-order valence-electron chi connectivity index (χ4n) is 1.80. The third-order valence-electron chi connectivity index (χ3n) is 2.83. The molecule has 0 fully saturated rings. The van der Waals surface area contributed by atoms with Crippen LogP contribution in [0.5, 0.6) is 5.75 Å². The standard InChI is InChI=1S/C13H11F3N2O3/c1-21-8-2-3-10-9(4-5-18(10)7-8)11(19)6-17-12(20)13(14,15)16/h2-5,7H,6H2,1H3,(H,17,20). The molecule has 0 aliphatic rings. The lowest BCUT2D eigenvalue weighted by Gasteiger charge is -2.07. The molecular weight excluding hydrogens is 289 g/mol. The Hall–Kier alpha value is -2.51. The number of Topliss-reactive ketones (excluding diaryl/α,β-unsaturated/α-hetero) is 1. The number of ketones is 1. The number of halogens is 3. The molecule has 0 radical (unpaired) electrons. The summed E-state index contributed by atoms with van der Waals surface area (Å²) >= 11 is 0. The van der Waals surface area contributed by atoms with E-state index in [1.54, 1.807) is 34.2 Å². The van der Waals surface area contributed by atoms with Gasteiger partial charge in [0.05, 0.1) is 25.4 Å². The van der Waals surface area contributed by atoms with Crippen LogP contribution in [0.2, 0.25) is 0 Å². The van der Waals surface area contributed by atoms with E-state index < -0.39 is 24.4 Å². The van der Waals surface area contributed by atoms with E-state index in [0.29, 0.717) is 11.3 Å². The van der Waals surface area contributed by atoms with Crippen LogP contribution >= 0.6 is 0 Å². The number of nitrogens with one attached hydrogen (secondary N) is 1. The quantitative estimate of drug-likeness (QED) is 0.876. The molecular formula is C13H11F3N2O3. The molecule has 0 atom stereocenters. The zero-order valence-electron chi connectivity index (χ0n) is 10.9. The van der Waals surface area contributed by atoms with Crippen LogP contribution in [0.3, 0.4) is 0 Å². The van der Waals surface area contributed by atoms with Gasteiger partial charge in [-0.05, 0) is 18.2 Å². The minimum atomic E-state index is -5.00. The summed E-state index contributed by atoms with van der Waals surface area (Å²) in [6, 6.07) is 4.70. The molecule has 2 aromatic rings. The highest BCUT2D eigenvalue weighted by atomic mass is 19.4. The summed E-state index contributed by atoms with van der Waals surface area (Å²) in [5.74, 6) is -2.18. The van der Waals surface area contributed by atoms with Crippen LogP contribution in [0, 0.1) is 0 Å². The zero-order valence-corrected chi connectivity index (χ0v) is 10.9. The van der Waals surface area contributed by atoms with Crippen molar-refractivity contribution in [3.05, 3.63) is 36.2 Å². The molecule has 0 saturated carbocycles. The maximum atomic E-state index is 12.0. The lowest BCUT2D eigenvalue weighted by Crippen LogP contribution is -2.39. The third kappa shape index (κ3) is 3.15. The van der Waals surface area contributed by atoms with Crippen molar-refractivity contribution in [2.45, 2.75) is 6.18 Å². The average molecular weight is 300 g/mol. The summed E-state index contributed by atoms with van der Waals surface area (Å²) < 4.78 is 42.7. The Bertz CT molecular complexity index is 692. The first-order valence-electron chi connectivity index (χ1n) is 5.86. The Morgan fingerprint density at radius 3 is 2.62 bits per heavy atom. The van der Waals surface area contributed by atoms with Gasteiger partial charge in [-0.1, -0.05) is 0 Å². The summed E-state index contributed by atoms with van der Waals surface area (Å²) in [5, 5.41) is 1.55. The Balaban J connectivity index is 2.15. The van der Waals surface area contributed by atoms with Gasteiger partial charge in [0.15, 0.2) is 5.78 Å². The first kappa shape index (κ1) is 14.9. The number of hydrogen-bond acceptors (Lipinski definition) is 3. The van der Waals surface area contributed by atoms with E-state index in [2.05, 4.69) is 0 Å². The molecule has 21 heavy (non-hydrogen) atoms. The number of carbonyl (C=O) groups is 2. The van der Waals surface area contributed by atoms with Gasteiger partial charge in [-0.2, -0.15) is 13.2 Å². The minimum Gasteiger partial charge on any atom is -0.495 e. The lowest BCUT2D eigenvalue weighted by molar-refractivity contribution is -0.173. The molecule has 0 saturated heterocycles. The van der Waals surface area contributed by atoms with Crippen molar-refractivity contribution < 1.29 is 27.5 Å². The van der Waals surface area contributed by atoms with Gasteiger partial charge < -0.3 is 14.5 Å². The van der Waals surface area contributed by atoms with E-state index in [0.717, 1.165) is 0 Å². The number of pyridine rings is 1. The van der Waals surface area contributed by atoms with Gasteiger partial charge >= 0.3 is 12.1 Å². The molecule has 0 aliphatic heterocycles. The SMILES string of the molecule is COc1ccc2c(C(=O)CNC(=O)C(F)(F)F)ccn2c1. The number of fused-ring (bicyclic) bond motifs is 1. The summed E-state index contributed by atoms with van der Waals surface area (Å²) in [5.41, 5.74) is 0.738. The molecule has 0 spiro atoms. The van der Waals surface area contributed by atoms with Gasteiger partial charge in [0, 0.05) is 11.8 Å². The average Bonchev–Trinajstić information content (AvgIpc) is 2.86. The molecule has 2 rings (SSSR count). The van der Waals surface area contributed by atoms with E-state index in [-0.39, 0.29) is 5.56 Å². The van der Waals surface area contributed by atoms with Gasteiger partial charge in [-0.25, -0.2) is 0 Å². The van der Waals surface area contributed by atoms with Gasteiger partial charge in [0.25, 0.3) is 0 Å². The highest BCUT2D eigenvalue weighted by Crippen LogP contribution is 2.18. The summed E-state index contributed by atoms with van der Waals surface area (Å²) in [4.78, 5) is 22.6. The van der Waals surface area contributed by atoms with Crippen LogP contribution in [-0.4, -0.2) is 35.9 Å². The van der Waals surface area contributed by atoms with Gasteiger partial charge in [-0.3, -0.25) is 9.59 Å². The van der Waals surface area contributed by atoms with E-state index in [4.69, 9.17) is 4.74 Å². The van der Waals surface area contributed by atoms with Crippen LogP contribution in [0.1, 0.15) is 10.4 Å². The highest BCUT2D eigenvalue weighted by Gasteiger charge is 2.38. The molecule has 2 heterocycles. The van der Waals surface area contributed by atoms with E-state index >= 15 is 0 Å². The smallest absolute Gasteiger partial charge is 0.471 e. The number of alkyl halides is 3. The fraction of sp³-hybridized carbons (Fsp3) is 0.231. The summed E-state index contributed by atoms with van der Waals surface area (Å²) in [6.07, 6.45) is -1.80. The largest absolute Gasteiger partial charge is 0.495 e. The first-order chi connectivity index (χ1) is 9.82. The minimum absolute atomic E-state index is 0.222. The molecule has 0 unspecified atom stereocenters. The monoisotopic (exact) mass is 300 g/mol. The van der Waals surface area contributed by atoms with E-state index in [1.807, 2.05) is 0 Å². The molecule has 8 heteroatoms. The normalized spacial score (nSPS) is 11.4. The number of ether oxygens (including phenoxy) is 1. The lowest BCUT2D eigenvalue weighted by atomic mass is 10.1. The maximum Gasteiger partial charge on any atom is 0.471 e. The van der Waals surface area contributed by atoms with Crippen molar-refractivity contribution in [1.29, 1.82) is 0 Å². The van der Waals surface area contributed by atoms with Gasteiger partial charge in [0.1, 0.15) is 5.75 Å². The Morgan fingerprint density at radius 1 is 1.29 bits per heavy atom. The first-order valence-corrected chi connectivity index (χ1v) is 5.86. The predicted octanol–water partition coefficient (Wildman–Crippen LogP) is 1.81. The maximum absolute atomic E-state index is 12.0. The molecule has 5 nitrogen and oxygen atoms in total. The van der Waals surface area contributed by atoms with E-state index in [1.165, 1.54) is 13.2 Å². The van der Waals surface area contributed by atoms with Crippen LogP contribution in [0.25, 0.3) is 5.52 Å². The van der Waals surface area contributed by atoms with E-state index in [9.17, 15) is 22.8 Å². The van der Waals surface area contributed by atoms with Crippen molar-refractivity contribution in [2.75, 3.05) is 13.7 Å². The second kappa shape index (κ2) is 5.47. The molecule has 0 aliphatic carbocycles. The van der Waals surface area contributed by atoms with Crippen molar-refractivity contribution in [2.24, 2.45) is 0 Å². The van der Waals surface area contributed by atoms with Gasteiger partial charge in [0.2, 0.25) is 0 Å². The molecule has 1 amide bonds. The predicted molar refractivity (Wildman–Crippen MR) is 67.3 cm³/mol. The topological polar surface area (TPSA) is 59.8 Å². The van der Waals surface area contributed by atoms with Crippen LogP contribution in [0.4, 0.5) is 13.2 Å². The van der Waals surface area contributed by atoms with Gasteiger partial charge in [-0.15, -0.1) is 0 Å². The molecule has 0 bridgehead atoms. The van der Waals surface area contributed by atoms with Crippen molar-refractivity contribution in [1.82, 2.24) is 9.72 Å². The number of aromatic nitrogens is 1. The molecule has 1 N–H and O–H groups in total. The Kier molecular flexibility index (Phi) is 3.88. The summed E-state index contributed by atoms with van der Waals surface area (Å²) in [6.45, 7) is -0.718. The molecule has 112 valence electrons. The second-order valence-electron chi connectivity index (χ2n) is 4.19.